The second-order valence-corrected chi connectivity index (χ2v) is 5.46. The number of aliphatic imine (C=N–C) groups is 1. The Kier molecular flexibility index (Phi) is 5.63. The van der Waals surface area contributed by atoms with Gasteiger partial charge in [0.05, 0.1) is 17.4 Å². The molecule has 122 valence electrons. The fraction of sp³-hybridized carbons (Fsp3) is 0.316. The molecule has 2 aromatic carbocycles. The van der Waals surface area contributed by atoms with Crippen LogP contribution in [-0.4, -0.2) is 25.0 Å². The van der Waals surface area contributed by atoms with E-state index in [0.29, 0.717) is 12.6 Å². The smallest absolute Gasteiger partial charge is 0.145 e. The van der Waals surface area contributed by atoms with Crippen LogP contribution in [0.2, 0.25) is 0 Å². The van der Waals surface area contributed by atoms with E-state index in [-0.39, 0.29) is 7.43 Å². The standard InChI is InChI=1S/C9H11NO.C9H9NO.CH4/c2*1-7-6-11-9-5-3-2-4-8(9)10-7;/h2-5,7,10H,6H2,1H3;2-5H,6H2,1H3;1H4. The molecule has 0 radical (unpaired) electrons. The Labute approximate surface area is 138 Å². The number of rotatable bonds is 0. The number of fused-ring (bicyclic) bond motifs is 2. The Balaban J connectivity index is 0.000000160. The zero-order valence-electron chi connectivity index (χ0n) is 12.9. The first-order valence-corrected chi connectivity index (χ1v) is 7.47. The van der Waals surface area contributed by atoms with Crippen LogP contribution in [0.3, 0.4) is 0 Å². The van der Waals surface area contributed by atoms with Gasteiger partial charge in [-0.15, -0.1) is 0 Å². The quantitative estimate of drug-likeness (QED) is 0.767. The van der Waals surface area contributed by atoms with Gasteiger partial charge in [0.25, 0.3) is 0 Å². The lowest BCUT2D eigenvalue weighted by Crippen LogP contribution is -2.27. The molecule has 0 bridgehead atoms. The molecule has 23 heavy (non-hydrogen) atoms. The van der Waals surface area contributed by atoms with Crippen molar-refractivity contribution in [2.75, 3.05) is 18.5 Å². The molecule has 4 heteroatoms. The number of benzene rings is 2. The van der Waals surface area contributed by atoms with E-state index in [1.54, 1.807) is 0 Å². The molecule has 0 spiro atoms. The van der Waals surface area contributed by atoms with Gasteiger partial charge in [0.2, 0.25) is 0 Å². The van der Waals surface area contributed by atoms with Crippen LogP contribution in [0.4, 0.5) is 11.4 Å². The van der Waals surface area contributed by atoms with E-state index in [2.05, 4.69) is 17.2 Å². The van der Waals surface area contributed by atoms with Crippen LogP contribution >= 0.6 is 0 Å². The summed E-state index contributed by atoms with van der Waals surface area (Å²) in [6.07, 6.45) is 0. The number of nitrogens with zero attached hydrogens (tertiary/aromatic N) is 1. The highest BCUT2D eigenvalue weighted by atomic mass is 16.5. The third kappa shape index (κ3) is 4.25. The van der Waals surface area contributed by atoms with E-state index >= 15 is 0 Å². The molecular weight excluding hydrogens is 288 g/mol. The van der Waals surface area contributed by atoms with Crippen LogP contribution in [0.15, 0.2) is 53.5 Å². The molecule has 1 atom stereocenters. The van der Waals surface area contributed by atoms with Crippen molar-refractivity contribution in [1.82, 2.24) is 0 Å². The summed E-state index contributed by atoms with van der Waals surface area (Å²) in [4.78, 5) is 4.34. The van der Waals surface area contributed by atoms with Crippen LogP contribution in [0.25, 0.3) is 0 Å². The van der Waals surface area contributed by atoms with Gasteiger partial charge in [0.15, 0.2) is 0 Å². The van der Waals surface area contributed by atoms with Crippen molar-refractivity contribution in [3.05, 3.63) is 48.5 Å². The lowest BCUT2D eigenvalue weighted by Gasteiger charge is -2.24. The molecule has 1 N–H and O–H groups in total. The predicted octanol–water partition coefficient (Wildman–Crippen LogP) is 4.69. The Morgan fingerprint density at radius 2 is 1.70 bits per heavy atom. The topological polar surface area (TPSA) is 42.9 Å². The van der Waals surface area contributed by atoms with Crippen molar-refractivity contribution < 1.29 is 9.47 Å². The molecule has 0 amide bonds. The van der Waals surface area contributed by atoms with E-state index < -0.39 is 0 Å². The largest absolute Gasteiger partial charge is 0.489 e. The lowest BCUT2D eigenvalue weighted by molar-refractivity contribution is 0.292. The van der Waals surface area contributed by atoms with Crippen molar-refractivity contribution in [3.8, 4) is 11.5 Å². The summed E-state index contributed by atoms with van der Waals surface area (Å²) < 4.78 is 10.9. The molecule has 4 nitrogen and oxygen atoms in total. The highest BCUT2D eigenvalue weighted by Gasteiger charge is 2.12. The molecule has 2 aliphatic rings. The van der Waals surface area contributed by atoms with Crippen LogP contribution in [0.1, 0.15) is 21.3 Å². The summed E-state index contributed by atoms with van der Waals surface area (Å²) in [6, 6.07) is 16.2. The minimum atomic E-state index is 0. The minimum Gasteiger partial charge on any atom is -0.489 e. The molecule has 2 aliphatic heterocycles. The number of para-hydroxylation sites is 4. The summed E-state index contributed by atoms with van der Waals surface area (Å²) in [5.41, 5.74) is 3.08. The van der Waals surface area contributed by atoms with Gasteiger partial charge >= 0.3 is 0 Å². The Morgan fingerprint density at radius 1 is 1.00 bits per heavy atom. The Bertz CT molecular complexity index is 683. The van der Waals surface area contributed by atoms with Crippen LogP contribution in [-0.2, 0) is 0 Å². The maximum absolute atomic E-state index is 5.47. The summed E-state index contributed by atoms with van der Waals surface area (Å²) in [6.45, 7) is 5.46. The zero-order valence-corrected chi connectivity index (χ0v) is 12.9. The van der Waals surface area contributed by atoms with E-state index in [1.807, 2.05) is 55.5 Å². The SMILES string of the molecule is C.CC1=Nc2ccccc2OC1.CC1COc2ccccc2N1. The van der Waals surface area contributed by atoms with Gasteiger partial charge in [-0.05, 0) is 38.1 Å². The van der Waals surface area contributed by atoms with Gasteiger partial charge in [-0.25, -0.2) is 0 Å². The summed E-state index contributed by atoms with van der Waals surface area (Å²) in [5, 5.41) is 3.33. The molecule has 0 aromatic heterocycles. The normalized spacial score (nSPS) is 17.3. The van der Waals surface area contributed by atoms with Crippen molar-refractivity contribution in [2.24, 2.45) is 4.99 Å². The Morgan fingerprint density at radius 3 is 2.52 bits per heavy atom. The fourth-order valence-corrected chi connectivity index (χ4v) is 2.33. The average molecular weight is 312 g/mol. The van der Waals surface area contributed by atoms with E-state index in [0.717, 1.165) is 35.2 Å². The molecule has 0 aliphatic carbocycles. The minimum absolute atomic E-state index is 0. The summed E-state index contributed by atoms with van der Waals surface area (Å²) >= 11 is 0. The molecule has 1 unspecified atom stereocenters. The number of ether oxygens (including phenoxy) is 2. The molecule has 2 heterocycles. The van der Waals surface area contributed by atoms with E-state index in [1.165, 1.54) is 0 Å². The Hall–Kier alpha value is -2.49. The van der Waals surface area contributed by atoms with Crippen LogP contribution in [0, 0.1) is 0 Å². The number of nitrogens with one attached hydrogen (secondary N) is 1. The fourth-order valence-electron chi connectivity index (χ4n) is 2.33. The first-order valence-electron chi connectivity index (χ1n) is 7.47. The monoisotopic (exact) mass is 312 g/mol. The second kappa shape index (κ2) is 7.68. The van der Waals surface area contributed by atoms with Crippen molar-refractivity contribution in [3.63, 3.8) is 0 Å². The molecule has 0 saturated carbocycles. The maximum atomic E-state index is 5.47. The van der Waals surface area contributed by atoms with Gasteiger partial charge in [0.1, 0.15) is 30.4 Å². The highest BCUT2D eigenvalue weighted by molar-refractivity contribution is 5.88. The summed E-state index contributed by atoms with van der Waals surface area (Å²) in [7, 11) is 0. The highest BCUT2D eigenvalue weighted by Crippen LogP contribution is 2.29. The maximum Gasteiger partial charge on any atom is 0.145 e. The van der Waals surface area contributed by atoms with Gasteiger partial charge in [-0.2, -0.15) is 0 Å². The van der Waals surface area contributed by atoms with Crippen LogP contribution in [0.5, 0.6) is 11.5 Å². The van der Waals surface area contributed by atoms with Crippen LogP contribution < -0.4 is 14.8 Å². The third-order valence-corrected chi connectivity index (χ3v) is 3.39. The third-order valence-electron chi connectivity index (χ3n) is 3.39. The number of hydrogen-bond acceptors (Lipinski definition) is 4. The van der Waals surface area contributed by atoms with Gasteiger partial charge < -0.3 is 14.8 Å². The van der Waals surface area contributed by atoms with E-state index in [4.69, 9.17) is 9.47 Å². The number of hydrogen-bond donors (Lipinski definition) is 1. The lowest BCUT2D eigenvalue weighted by atomic mass is 10.2. The second-order valence-electron chi connectivity index (χ2n) is 5.46. The molecule has 4 rings (SSSR count). The van der Waals surface area contributed by atoms with Crippen molar-refractivity contribution in [2.45, 2.75) is 27.3 Å². The molecule has 2 aromatic rings. The first kappa shape index (κ1) is 16.9. The summed E-state index contributed by atoms with van der Waals surface area (Å²) in [5.74, 6) is 1.85. The van der Waals surface area contributed by atoms with E-state index in [9.17, 15) is 0 Å². The van der Waals surface area contributed by atoms with Crippen molar-refractivity contribution in [1.29, 1.82) is 0 Å². The molecular formula is C19H24N2O2. The van der Waals surface area contributed by atoms with Crippen molar-refractivity contribution >= 4 is 17.1 Å². The van der Waals surface area contributed by atoms with Gasteiger partial charge in [-0.3, -0.25) is 4.99 Å². The van der Waals surface area contributed by atoms with Gasteiger partial charge in [0, 0.05) is 0 Å². The first-order chi connectivity index (χ1) is 10.7. The molecule has 0 fully saturated rings. The zero-order chi connectivity index (χ0) is 15.4. The number of anilines is 1. The van der Waals surface area contributed by atoms with Gasteiger partial charge in [-0.1, -0.05) is 31.7 Å². The molecule has 0 saturated heterocycles. The average Bonchev–Trinajstić information content (AvgIpc) is 2.55. The predicted molar refractivity (Wildman–Crippen MR) is 96.5 cm³/mol.